The van der Waals surface area contributed by atoms with Crippen LogP contribution in [-0.2, 0) is 9.59 Å². The summed E-state index contributed by atoms with van der Waals surface area (Å²) >= 11 is 1.39. The second-order valence-electron chi connectivity index (χ2n) is 7.15. The number of hydrogen-bond acceptors (Lipinski definition) is 4. The second kappa shape index (κ2) is 9.09. The third-order valence-corrected chi connectivity index (χ3v) is 5.69. The van der Waals surface area contributed by atoms with Gasteiger partial charge >= 0.3 is 0 Å². The van der Waals surface area contributed by atoms with E-state index in [1.807, 2.05) is 69.3 Å². The van der Waals surface area contributed by atoms with Crippen molar-refractivity contribution in [3.63, 3.8) is 0 Å². The average molecular weight is 408 g/mol. The first-order valence-corrected chi connectivity index (χ1v) is 10.4. The molecule has 2 amide bonds. The Bertz CT molecular complexity index is 1040. The summed E-state index contributed by atoms with van der Waals surface area (Å²) in [5.74, 6) is -0.0833. The summed E-state index contributed by atoms with van der Waals surface area (Å²) in [5.41, 5.74) is 4.86. The zero-order valence-electron chi connectivity index (χ0n) is 17.2. The van der Waals surface area contributed by atoms with Gasteiger partial charge < -0.3 is 10.2 Å². The Morgan fingerprint density at radius 3 is 2.41 bits per heavy atom. The van der Waals surface area contributed by atoms with Gasteiger partial charge in [0.15, 0.2) is 0 Å². The van der Waals surface area contributed by atoms with Crippen molar-refractivity contribution < 1.29 is 9.59 Å². The molecule has 0 aliphatic heterocycles. The van der Waals surface area contributed by atoms with Gasteiger partial charge in [-0.2, -0.15) is 0 Å². The van der Waals surface area contributed by atoms with E-state index >= 15 is 0 Å². The second-order valence-corrected chi connectivity index (χ2v) is 8.14. The third kappa shape index (κ3) is 5.15. The lowest BCUT2D eigenvalue weighted by Gasteiger charge is -2.18. The first kappa shape index (κ1) is 20.9. The number of nitrogens with zero attached hydrogens (tertiary/aromatic N) is 2. The molecule has 0 aliphatic rings. The standard InChI is InChI=1S/C23H25N3O2S/c1-15-8-7-9-16(2)23(15)25-20(27)13-26(4)22(28)14-29-21-12-17(3)18-10-5-6-11-19(18)24-21/h5-12H,13-14H2,1-4H3,(H,25,27). The van der Waals surface area contributed by atoms with Crippen LogP contribution in [0.25, 0.3) is 10.9 Å². The molecule has 29 heavy (non-hydrogen) atoms. The molecule has 0 fully saturated rings. The Morgan fingerprint density at radius 2 is 1.69 bits per heavy atom. The molecule has 3 rings (SSSR count). The Hall–Kier alpha value is -2.86. The number of benzene rings is 2. The summed E-state index contributed by atoms with van der Waals surface area (Å²) in [7, 11) is 1.65. The van der Waals surface area contributed by atoms with Gasteiger partial charge in [0.25, 0.3) is 0 Å². The van der Waals surface area contributed by atoms with Crippen LogP contribution in [-0.4, -0.2) is 41.0 Å². The molecular weight excluding hydrogens is 382 g/mol. The van der Waals surface area contributed by atoms with E-state index < -0.39 is 0 Å². The predicted octanol–water partition coefficient (Wildman–Crippen LogP) is 4.35. The number of aryl methyl sites for hydroxylation is 3. The molecular formula is C23H25N3O2S. The van der Waals surface area contributed by atoms with Crippen LogP contribution in [0.5, 0.6) is 0 Å². The molecule has 0 aliphatic carbocycles. The molecule has 1 N–H and O–H groups in total. The van der Waals surface area contributed by atoms with Crippen molar-refractivity contribution >= 4 is 40.2 Å². The summed E-state index contributed by atoms with van der Waals surface area (Å²) in [6.07, 6.45) is 0. The van der Waals surface area contributed by atoms with Crippen molar-refractivity contribution in [1.82, 2.24) is 9.88 Å². The minimum Gasteiger partial charge on any atom is -0.336 e. The maximum atomic E-state index is 12.5. The summed E-state index contributed by atoms with van der Waals surface area (Å²) < 4.78 is 0. The van der Waals surface area contributed by atoms with Gasteiger partial charge in [-0.1, -0.05) is 48.2 Å². The van der Waals surface area contributed by atoms with Crippen molar-refractivity contribution in [3.05, 3.63) is 65.2 Å². The van der Waals surface area contributed by atoms with Crippen LogP contribution in [0.3, 0.4) is 0 Å². The zero-order valence-corrected chi connectivity index (χ0v) is 18.0. The number of nitrogens with one attached hydrogen (secondary N) is 1. The van der Waals surface area contributed by atoms with E-state index in [0.717, 1.165) is 38.3 Å². The number of carbonyl (C=O) groups is 2. The fraction of sp³-hybridized carbons (Fsp3) is 0.261. The van der Waals surface area contributed by atoms with Crippen LogP contribution in [0.1, 0.15) is 16.7 Å². The molecule has 0 radical (unpaired) electrons. The van der Waals surface area contributed by atoms with Crippen molar-refractivity contribution in [1.29, 1.82) is 0 Å². The Kier molecular flexibility index (Phi) is 6.54. The molecule has 150 valence electrons. The summed E-state index contributed by atoms with van der Waals surface area (Å²) in [4.78, 5) is 30.9. The quantitative estimate of drug-likeness (QED) is 0.617. The van der Waals surface area contributed by atoms with Gasteiger partial charge in [0.05, 0.1) is 22.8 Å². The number of likely N-dealkylation sites (N-methyl/N-ethyl adjacent to an activating group) is 1. The number of fused-ring (bicyclic) bond motifs is 1. The van der Waals surface area contributed by atoms with E-state index in [2.05, 4.69) is 10.3 Å². The molecule has 5 nitrogen and oxygen atoms in total. The fourth-order valence-corrected chi connectivity index (χ4v) is 4.05. The highest BCUT2D eigenvalue weighted by molar-refractivity contribution is 7.99. The van der Waals surface area contributed by atoms with E-state index in [4.69, 9.17) is 0 Å². The van der Waals surface area contributed by atoms with Crippen LogP contribution in [0.15, 0.2) is 53.6 Å². The third-order valence-electron chi connectivity index (χ3n) is 4.80. The largest absolute Gasteiger partial charge is 0.336 e. The molecule has 0 saturated heterocycles. The summed E-state index contributed by atoms with van der Waals surface area (Å²) in [6.45, 7) is 5.95. The lowest BCUT2D eigenvalue weighted by atomic mass is 10.1. The monoisotopic (exact) mass is 407 g/mol. The van der Waals surface area contributed by atoms with E-state index in [1.165, 1.54) is 16.7 Å². The van der Waals surface area contributed by atoms with E-state index in [1.54, 1.807) is 7.05 Å². The summed E-state index contributed by atoms with van der Waals surface area (Å²) in [5, 5.41) is 4.84. The smallest absolute Gasteiger partial charge is 0.243 e. The number of rotatable bonds is 6. The molecule has 0 saturated carbocycles. The minimum absolute atomic E-state index is 0.0113. The van der Waals surface area contributed by atoms with Crippen molar-refractivity contribution in [2.75, 3.05) is 24.7 Å². The number of hydrogen-bond donors (Lipinski definition) is 1. The van der Waals surface area contributed by atoms with Crippen LogP contribution >= 0.6 is 11.8 Å². The molecule has 0 unspecified atom stereocenters. The Labute approximate surface area is 175 Å². The number of carbonyl (C=O) groups excluding carboxylic acids is 2. The maximum Gasteiger partial charge on any atom is 0.243 e. The lowest BCUT2D eigenvalue weighted by Crippen LogP contribution is -2.36. The molecule has 0 atom stereocenters. The van der Waals surface area contributed by atoms with Crippen molar-refractivity contribution in [2.45, 2.75) is 25.8 Å². The first-order chi connectivity index (χ1) is 13.8. The Morgan fingerprint density at radius 1 is 1.00 bits per heavy atom. The van der Waals surface area contributed by atoms with Gasteiger partial charge in [0.1, 0.15) is 0 Å². The SMILES string of the molecule is Cc1cccc(C)c1NC(=O)CN(C)C(=O)CSc1cc(C)c2ccccc2n1. The predicted molar refractivity (Wildman–Crippen MR) is 119 cm³/mol. The number of amides is 2. The number of pyridine rings is 1. The highest BCUT2D eigenvalue weighted by atomic mass is 32.2. The molecule has 0 bridgehead atoms. The van der Waals surface area contributed by atoms with Crippen molar-refractivity contribution in [2.24, 2.45) is 0 Å². The number of para-hydroxylation sites is 2. The van der Waals surface area contributed by atoms with E-state index in [9.17, 15) is 9.59 Å². The lowest BCUT2D eigenvalue weighted by molar-refractivity contribution is -0.131. The fourth-order valence-electron chi connectivity index (χ4n) is 3.13. The number of anilines is 1. The topological polar surface area (TPSA) is 62.3 Å². The van der Waals surface area contributed by atoms with Gasteiger partial charge in [-0.25, -0.2) is 4.98 Å². The first-order valence-electron chi connectivity index (χ1n) is 9.44. The van der Waals surface area contributed by atoms with Gasteiger partial charge in [0.2, 0.25) is 11.8 Å². The highest BCUT2D eigenvalue weighted by Gasteiger charge is 2.15. The van der Waals surface area contributed by atoms with Crippen LogP contribution in [0.2, 0.25) is 0 Å². The summed E-state index contributed by atoms with van der Waals surface area (Å²) in [6, 6.07) is 15.8. The molecule has 1 aromatic heterocycles. The van der Waals surface area contributed by atoms with Crippen LogP contribution in [0.4, 0.5) is 5.69 Å². The van der Waals surface area contributed by atoms with Crippen LogP contribution < -0.4 is 5.32 Å². The van der Waals surface area contributed by atoms with E-state index in [0.29, 0.717) is 0 Å². The molecule has 0 spiro atoms. The van der Waals surface area contributed by atoms with Crippen molar-refractivity contribution in [3.8, 4) is 0 Å². The van der Waals surface area contributed by atoms with E-state index in [-0.39, 0.29) is 24.1 Å². The molecule has 1 heterocycles. The normalized spacial score (nSPS) is 10.8. The minimum atomic E-state index is -0.206. The zero-order chi connectivity index (χ0) is 21.0. The van der Waals surface area contributed by atoms with Gasteiger partial charge in [-0.3, -0.25) is 9.59 Å². The molecule has 6 heteroatoms. The number of aromatic nitrogens is 1. The van der Waals surface area contributed by atoms with Gasteiger partial charge in [-0.15, -0.1) is 0 Å². The highest BCUT2D eigenvalue weighted by Crippen LogP contribution is 2.24. The molecule has 2 aromatic carbocycles. The van der Waals surface area contributed by atoms with Crippen LogP contribution in [0, 0.1) is 20.8 Å². The maximum absolute atomic E-state index is 12.5. The average Bonchev–Trinajstić information content (AvgIpc) is 2.69. The molecule has 3 aromatic rings. The number of thioether (sulfide) groups is 1. The van der Waals surface area contributed by atoms with Gasteiger partial charge in [-0.05, 0) is 49.6 Å². The Balaban J connectivity index is 1.57. The van der Waals surface area contributed by atoms with Gasteiger partial charge in [0, 0.05) is 18.1 Å².